The topological polar surface area (TPSA) is 98.4 Å². The van der Waals surface area contributed by atoms with E-state index in [1.54, 1.807) is 0 Å². The quantitative estimate of drug-likeness (QED) is 0.524. The molecule has 0 fully saturated rings. The number of hydrogen-bond acceptors (Lipinski definition) is 5. The number of hydrogen-bond donors (Lipinski definition) is 2. The largest absolute Gasteiger partial charge is 0.360 e. The average molecular weight is 293 g/mol. The lowest BCUT2D eigenvalue weighted by atomic mass is 10.1. The first kappa shape index (κ1) is 11.7. The van der Waals surface area contributed by atoms with Crippen molar-refractivity contribution >= 4 is 28.8 Å². The van der Waals surface area contributed by atoms with Crippen molar-refractivity contribution in [1.29, 1.82) is 5.26 Å². The van der Waals surface area contributed by atoms with Gasteiger partial charge in [-0.05, 0) is 18.3 Å². The summed E-state index contributed by atoms with van der Waals surface area (Å²) >= 11 is 5.22. The molecule has 1 aromatic carbocycles. The van der Waals surface area contributed by atoms with Gasteiger partial charge in [-0.1, -0.05) is 23.4 Å². The summed E-state index contributed by atoms with van der Waals surface area (Å²) < 4.78 is 1.68. The van der Waals surface area contributed by atoms with Crippen LogP contribution in [-0.4, -0.2) is 30.0 Å². The standard InChI is InChI=1S/C13H7N7S/c14-5-8-11(16-13(21)20-12(8)17-18-19-20)9-6-15-10-4-2-1-3-7(9)10/h1-4,6,15H,(H,17,19). The molecule has 0 saturated carbocycles. The van der Waals surface area contributed by atoms with Crippen molar-refractivity contribution in [3.05, 3.63) is 40.8 Å². The van der Waals surface area contributed by atoms with Crippen LogP contribution in [0.3, 0.4) is 0 Å². The molecule has 7 nitrogen and oxygen atoms in total. The van der Waals surface area contributed by atoms with Crippen molar-refractivity contribution in [2.24, 2.45) is 0 Å². The summed E-state index contributed by atoms with van der Waals surface area (Å²) in [5.74, 6) is 0. The molecule has 0 atom stereocenters. The molecule has 4 aromatic rings. The van der Waals surface area contributed by atoms with Crippen LogP contribution in [0.2, 0.25) is 0 Å². The lowest BCUT2D eigenvalue weighted by molar-refractivity contribution is 0.800. The Hall–Kier alpha value is -3.05. The monoisotopic (exact) mass is 293 g/mol. The molecule has 0 spiro atoms. The summed E-state index contributed by atoms with van der Waals surface area (Å²) in [5, 5.41) is 20.6. The van der Waals surface area contributed by atoms with E-state index in [4.69, 9.17) is 12.2 Å². The highest BCUT2D eigenvalue weighted by atomic mass is 32.1. The van der Waals surface area contributed by atoms with Crippen LogP contribution in [0.5, 0.6) is 0 Å². The van der Waals surface area contributed by atoms with Crippen molar-refractivity contribution in [2.75, 3.05) is 0 Å². The number of aromatic amines is 2. The fraction of sp³-hybridized carbons (Fsp3) is 0. The third-order valence-electron chi connectivity index (χ3n) is 3.32. The first-order chi connectivity index (χ1) is 10.3. The molecule has 0 amide bonds. The van der Waals surface area contributed by atoms with Gasteiger partial charge in [-0.15, -0.1) is 5.10 Å². The third-order valence-corrected chi connectivity index (χ3v) is 3.59. The molecular weight excluding hydrogens is 286 g/mol. The van der Waals surface area contributed by atoms with Gasteiger partial charge in [-0.3, -0.25) is 0 Å². The van der Waals surface area contributed by atoms with Gasteiger partial charge in [0, 0.05) is 22.7 Å². The van der Waals surface area contributed by atoms with Crippen LogP contribution < -0.4 is 0 Å². The van der Waals surface area contributed by atoms with E-state index in [1.165, 1.54) is 4.52 Å². The predicted octanol–water partition coefficient (Wildman–Crippen LogP) is 2.20. The van der Waals surface area contributed by atoms with Crippen molar-refractivity contribution in [3.8, 4) is 17.3 Å². The van der Waals surface area contributed by atoms with Crippen molar-refractivity contribution in [2.45, 2.75) is 0 Å². The number of tetrazole rings is 1. The van der Waals surface area contributed by atoms with Crippen LogP contribution in [0.4, 0.5) is 0 Å². The van der Waals surface area contributed by atoms with E-state index in [0.29, 0.717) is 16.9 Å². The minimum atomic E-state index is 0.272. The average Bonchev–Trinajstić information content (AvgIpc) is 3.14. The summed E-state index contributed by atoms with van der Waals surface area (Å²) in [6.45, 7) is 0. The minimum absolute atomic E-state index is 0.272. The molecule has 0 radical (unpaired) electrons. The maximum absolute atomic E-state index is 9.47. The van der Waals surface area contributed by atoms with Crippen LogP contribution >= 0.6 is 12.2 Å². The van der Waals surface area contributed by atoms with Crippen LogP contribution in [-0.2, 0) is 0 Å². The summed E-state index contributed by atoms with van der Waals surface area (Å²) in [5.41, 5.74) is 3.00. The van der Waals surface area contributed by atoms with Gasteiger partial charge < -0.3 is 4.98 Å². The summed E-state index contributed by atoms with van der Waals surface area (Å²) in [6.07, 6.45) is 1.82. The normalized spacial score (nSPS) is 11.0. The first-order valence-electron chi connectivity index (χ1n) is 6.10. The number of nitriles is 1. The number of benzene rings is 1. The summed E-state index contributed by atoms with van der Waals surface area (Å²) in [7, 11) is 0. The van der Waals surface area contributed by atoms with E-state index in [9.17, 15) is 5.26 Å². The first-order valence-corrected chi connectivity index (χ1v) is 6.51. The van der Waals surface area contributed by atoms with E-state index in [2.05, 4.69) is 31.6 Å². The number of rotatable bonds is 1. The third kappa shape index (κ3) is 1.58. The SMILES string of the molecule is N#Cc1c(-c2c[nH]c3ccccc23)nc(=S)n2[nH]nnc12. The molecule has 3 heterocycles. The second kappa shape index (κ2) is 4.22. The van der Waals surface area contributed by atoms with Gasteiger partial charge in [0.1, 0.15) is 11.6 Å². The molecule has 0 unspecified atom stereocenters. The fourth-order valence-electron chi connectivity index (χ4n) is 2.37. The zero-order chi connectivity index (χ0) is 14.4. The number of aromatic nitrogens is 6. The Morgan fingerprint density at radius 1 is 1.29 bits per heavy atom. The van der Waals surface area contributed by atoms with Crippen molar-refractivity contribution in [3.63, 3.8) is 0 Å². The molecule has 0 aliphatic heterocycles. The van der Waals surface area contributed by atoms with Crippen LogP contribution in [0, 0.1) is 16.1 Å². The van der Waals surface area contributed by atoms with E-state index in [0.717, 1.165) is 16.5 Å². The van der Waals surface area contributed by atoms with E-state index >= 15 is 0 Å². The van der Waals surface area contributed by atoms with Crippen molar-refractivity contribution < 1.29 is 0 Å². The van der Waals surface area contributed by atoms with Crippen LogP contribution in [0.1, 0.15) is 5.56 Å². The second-order valence-electron chi connectivity index (χ2n) is 4.44. The van der Waals surface area contributed by atoms with Crippen LogP contribution in [0.25, 0.3) is 27.8 Å². The number of nitrogens with zero attached hydrogens (tertiary/aromatic N) is 5. The fourth-order valence-corrected chi connectivity index (χ4v) is 2.59. The highest BCUT2D eigenvalue weighted by Crippen LogP contribution is 2.30. The second-order valence-corrected chi connectivity index (χ2v) is 4.80. The molecule has 21 heavy (non-hydrogen) atoms. The van der Waals surface area contributed by atoms with Gasteiger partial charge in [0.15, 0.2) is 5.65 Å². The maximum atomic E-state index is 9.47. The number of para-hydroxylation sites is 1. The number of fused-ring (bicyclic) bond motifs is 2. The maximum Gasteiger partial charge on any atom is 0.222 e. The Bertz CT molecular complexity index is 1080. The summed E-state index contributed by atoms with van der Waals surface area (Å²) in [6, 6.07) is 9.94. The van der Waals surface area contributed by atoms with Crippen LogP contribution in [0.15, 0.2) is 30.5 Å². The molecule has 3 aromatic heterocycles. The minimum Gasteiger partial charge on any atom is -0.360 e. The number of nitrogens with one attached hydrogen (secondary N) is 2. The molecule has 4 rings (SSSR count). The lowest BCUT2D eigenvalue weighted by Crippen LogP contribution is -1.99. The summed E-state index contributed by atoms with van der Waals surface area (Å²) in [4.78, 5) is 7.53. The Morgan fingerprint density at radius 3 is 3.00 bits per heavy atom. The highest BCUT2D eigenvalue weighted by molar-refractivity contribution is 7.71. The zero-order valence-corrected chi connectivity index (χ0v) is 11.3. The molecule has 0 saturated heterocycles. The Labute approximate surface area is 122 Å². The van der Waals surface area contributed by atoms with Gasteiger partial charge in [0.05, 0.1) is 5.69 Å². The molecule has 8 heteroatoms. The van der Waals surface area contributed by atoms with Gasteiger partial charge >= 0.3 is 0 Å². The van der Waals surface area contributed by atoms with E-state index in [-0.39, 0.29) is 4.77 Å². The van der Waals surface area contributed by atoms with Gasteiger partial charge in [-0.2, -0.15) is 15.0 Å². The molecule has 0 bridgehead atoms. The van der Waals surface area contributed by atoms with Gasteiger partial charge in [-0.25, -0.2) is 4.98 Å². The lowest BCUT2D eigenvalue weighted by Gasteiger charge is -2.02. The zero-order valence-electron chi connectivity index (χ0n) is 10.5. The Kier molecular flexibility index (Phi) is 2.36. The van der Waals surface area contributed by atoms with Crippen molar-refractivity contribution in [1.82, 2.24) is 30.0 Å². The predicted molar refractivity (Wildman–Crippen MR) is 78.0 cm³/mol. The van der Waals surface area contributed by atoms with Gasteiger partial charge in [0.25, 0.3) is 0 Å². The molecule has 0 aliphatic carbocycles. The van der Waals surface area contributed by atoms with Gasteiger partial charge in [0.2, 0.25) is 4.77 Å². The highest BCUT2D eigenvalue weighted by Gasteiger charge is 2.17. The molecule has 2 N–H and O–H groups in total. The molecular formula is C13H7N7S. The Balaban J connectivity index is 2.16. The smallest absolute Gasteiger partial charge is 0.222 e. The van der Waals surface area contributed by atoms with E-state index < -0.39 is 0 Å². The van der Waals surface area contributed by atoms with E-state index in [1.807, 2.05) is 30.5 Å². The Morgan fingerprint density at radius 2 is 2.14 bits per heavy atom. The molecule has 100 valence electrons. The molecule has 0 aliphatic rings. The number of H-pyrrole nitrogens is 2.